The smallest absolute Gasteiger partial charge is 0.264 e. The number of sulfonamides is 1. The summed E-state index contributed by atoms with van der Waals surface area (Å²) in [6.07, 6.45) is 0. The number of halogens is 3. The van der Waals surface area contributed by atoms with E-state index in [1.807, 2.05) is 20.8 Å². The molecule has 1 atom stereocenters. The Balaban J connectivity index is 2.04. The zero-order chi connectivity index (χ0) is 29.0. The minimum Gasteiger partial charge on any atom is -0.350 e. The molecule has 0 saturated carbocycles. The topological polar surface area (TPSA) is 86.8 Å². The van der Waals surface area contributed by atoms with Crippen LogP contribution in [0.15, 0.2) is 77.7 Å². The Bertz CT molecular complexity index is 1440. The molecule has 208 valence electrons. The molecule has 39 heavy (non-hydrogen) atoms. The molecule has 1 N–H and O–H groups in total. The SMILES string of the molecule is C[C@@H](C(=O)NC(C)(C)C)N(Cc1ccc(Cl)c(Cl)c1)C(=O)CN(c1cccc(Cl)c1)S(=O)(=O)c1ccccc1. The fourth-order valence-corrected chi connectivity index (χ4v) is 5.70. The highest BCUT2D eigenvalue weighted by molar-refractivity contribution is 7.92. The standard InChI is InChI=1S/C28H30Cl3N3O4S/c1-19(27(36)32-28(2,3)4)33(17-20-13-14-24(30)25(31)15-20)26(35)18-34(22-10-8-9-21(29)16-22)39(37,38)23-11-6-5-7-12-23/h5-16,19H,17-18H2,1-4H3,(H,32,36)/t19-/m0/s1. The van der Waals surface area contributed by atoms with Crippen LogP contribution in [0.1, 0.15) is 33.3 Å². The van der Waals surface area contributed by atoms with Crippen LogP contribution in [0.3, 0.4) is 0 Å². The summed E-state index contributed by atoms with van der Waals surface area (Å²) in [5.74, 6) is -0.992. The van der Waals surface area contributed by atoms with Crippen LogP contribution < -0.4 is 9.62 Å². The monoisotopic (exact) mass is 609 g/mol. The number of hydrogen-bond donors (Lipinski definition) is 1. The predicted octanol–water partition coefficient (Wildman–Crippen LogP) is 6.17. The van der Waals surface area contributed by atoms with Gasteiger partial charge in [0.25, 0.3) is 10.0 Å². The van der Waals surface area contributed by atoms with Crippen molar-refractivity contribution in [3.8, 4) is 0 Å². The first kappa shape index (κ1) is 30.8. The van der Waals surface area contributed by atoms with Gasteiger partial charge in [0.15, 0.2) is 0 Å². The van der Waals surface area contributed by atoms with Gasteiger partial charge in [-0.2, -0.15) is 0 Å². The molecule has 0 heterocycles. The Morgan fingerprint density at radius 3 is 2.15 bits per heavy atom. The molecule has 0 radical (unpaired) electrons. The molecule has 0 unspecified atom stereocenters. The van der Waals surface area contributed by atoms with E-state index in [1.54, 1.807) is 61.5 Å². The van der Waals surface area contributed by atoms with Gasteiger partial charge in [0.1, 0.15) is 12.6 Å². The average molecular weight is 611 g/mol. The van der Waals surface area contributed by atoms with Crippen LogP contribution in [0.5, 0.6) is 0 Å². The van der Waals surface area contributed by atoms with Crippen LogP contribution in [0.25, 0.3) is 0 Å². The van der Waals surface area contributed by atoms with E-state index in [2.05, 4.69) is 5.32 Å². The Morgan fingerprint density at radius 2 is 1.56 bits per heavy atom. The van der Waals surface area contributed by atoms with Crippen molar-refractivity contribution in [2.75, 3.05) is 10.8 Å². The summed E-state index contributed by atoms with van der Waals surface area (Å²) in [6, 6.07) is 18.0. The molecule has 0 aliphatic carbocycles. The van der Waals surface area contributed by atoms with Crippen molar-refractivity contribution in [1.82, 2.24) is 10.2 Å². The summed E-state index contributed by atoms with van der Waals surface area (Å²) in [5.41, 5.74) is 0.280. The van der Waals surface area contributed by atoms with Crippen molar-refractivity contribution in [2.45, 2.75) is 50.7 Å². The zero-order valence-corrected chi connectivity index (χ0v) is 25.1. The highest BCUT2D eigenvalue weighted by Gasteiger charge is 2.33. The van der Waals surface area contributed by atoms with Crippen LogP contribution in [0.2, 0.25) is 15.1 Å². The lowest BCUT2D eigenvalue weighted by Crippen LogP contribution is -2.54. The van der Waals surface area contributed by atoms with E-state index in [-0.39, 0.29) is 17.1 Å². The van der Waals surface area contributed by atoms with Crippen molar-refractivity contribution < 1.29 is 18.0 Å². The minimum absolute atomic E-state index is 0.00679. The van der Waals surface area contributed by atoms with Gasteiger partial charge < -0.3 is 10.2 Å². The van der Waals surface area contributed by atoms with Crippen molar-refractivity contribution in [1.29, 1.82) is 0 Å². The van der Waals surface area contributed by atoms with E-state index in [4.69, 9.17) is 34.8 Å². The molecule has 0 bridgehead atoms. The largest absolute Gasteiger partial charge is 0.350 e. The van der Waals surface area contributed by atoms with E-state index < -0.39 is 40.0 Å². The molecule has 11 heteroatoms. The Kier molecular flexibility index (Phi) is 9.93. The molecule has 3 aromatic carbocycles. The maximum atomic E-state index is 13.9. The Morgan fingerprint density at radius 1 is 0.897 bits per heavy atom. The molecule has 3 aromatic rings. The normalized spacial score (nSPS) is 12.5. The molecule has 0 aliphatic rings. The summed E-state index contributed by atoms with van der Waals surface area (Å²) in [6.45, 7) is 6.49. The third-order valence-electron chi connectivity index (χ3n) is 5.71. The van der Waals surface area contributed by atoms with Crippen molar-refractivity contribution in [2.24, 2.45) is 0 Å². The van der Waals surface area contributed by atoms with Crippen LogP contribution in [-0.2, 0) is 26.2 Å². The molecule has 0 spiro atoms. The number of carbonyl (C=O) groups is 2. The fourth-order valence-electron chi connectivity index (χ4n) is 3.77. The van der Waals surface area contributed by atoms with E-state index >= 15 is 0 Å². The molecule has 2 amide bonds. The first-order valence-electron chi connectivity index (χ1n) is 12.1. The van der Waals surface area contributed by atoms with E-state index in [1.165, 1.54) is 23.1 Å². The number of hydrogen-bond acceptors (Lipinski definition) is 4. The van der Waals surface area contributed by atoms with Crippen LogP contribution in [0.4, 0.5) is 5.69 Å². The quantitative estimate of drug-likeness (QED) is 0.314. The summed E-state index contributed by atoms with van der Waals surface area (Å²) in [4.78, 5) is 28.4. The number of amides is 2. The van der Waals surface area contributed by atoms with Gasteiger partial charge in [0, 0.05) is 17.1 Å². The fraction of sp³-hybridized carbons (Fsp3) is 0.286. The predicted molar refractivity (Wildman–Crippen MR) is 157 cm³/mol. The Hall–Kier alpha value is -2.78. The molecular formula is C28H30Cl3N3O4S. The molecule has 0 saturated heterocycles. The first-order valence-corrected chi connectivity index (χ1v) is 14.7. The number of rotatable bonds is 9. The third kappa shape index (κ3) is 8.11. The van der Waals surface area contributed by atoms with E-state index in [0.29, 0.717) is 20.6 Å². The molecule has 0 aliphatic heterocycles. The molecule has 0 fully saturated rings. The van der Waals surface area contributed by atoms with Gasteiger partial charge in [-0.3, -0.25) is 13.9 Å². The van der Waals surface area contributed by atoms with Crippen molar-refractivity contribution in [3.05, 3.63) is 93.4 Å². The van der Waals surface area contributed by atoms with Gasteiger partial charge in [-0.25, -0.2) is 8.42 Å². The van der Waals surface area contributed by atoms with Gasteiger partial charge >= 0.3 is 0 Å². The van der Waals surface area contributed by atoms with Crippen LogP contribution >= 0.6 is 34.8 Å². The van der Waals surface area contributed by atoms with E-state index in [0.717, 1.165) is 4.31 Å². The average Bonchev–Trinajstić information content (AvgIpc) is 2.86. The summed E-state index contributed by atoms with van der Waals surface area (Å²) < 4.78 is 28.5. The molecular weight excluding hydrogens is 581 g/mol. The Labute approximate surface area is 244 Å². The first-order chi connectivity index (χ1) is 18.2. The highest BCUT2D eigenvalue weighted by atomic mass is 35.5. The van der Waals surface area contributed by atoms with Gasteiger partial charge in [0.2, 0.25) is 11.8 Å². The van der Waals surface area contributed by atoms with Gasteiger partial charge in [0.05, 0.1) is 20.6 Å². The molecule has 0 aromatic heterocycles. The lowest BCUT2D eigenvalue weighted by Gasteiger charge is -2.33. The van der Waals surface area contributed by atoms with Crippen molar-refractivity contribution >= 4 is 62.3 Å². The van der Waals surface area contributed by atoms with Gasteiger partial charge in [-0.1, -0.05) is 65.1 Å². The number of nitrogens with zero attached hydrogens (tertiary/aromatic N) is 2. The van der Waals surface area contributed by atoms with E-state index in [9.17, 15) is 18.0 Å². The molecule has 3 rings (SSSR count). The molecule has 7 nitrogen and oxygen atoms in total. The number of carbonyl (C=O) groups excluding carboxylic acids is 2. The minimum atomic E-state index is -4.17. The zero-order valence-electron chi connectivity index (χ0n) is 22.0. The lowest BCUT2D eigenvalue weighted by atomic mass is 10.1. The number of anilines is 1. The third-order valence-corrected chi connectivity index (χ3v) is 8.47. The number of benzene rings is 3. The van der Waals surface area contributed by atoms with Crippen LogP contribution in [0, 0.1) is 0 Å². The summed E-state index contributed by atoms with van der Waals surface area (Å²) in [7, 11) is -4.17. The van der Waals surface area contributed by atoms with Gasteiger partial charge in [-0.15, -0.1) is 0 Å². The summed E-state index contributed by atoms with van der Waals surface area (Å²) >= 11 is 18.4. The summed E-state index contributed by atoms with van der Waals surface area (Å²) in [5, 5.41) is 3.82. The second-order valence-electron chi connectivity index (χ2n) is 9.99. The maximum absolute atomic E-state index is 13.9. The second-order valence-corrected chi connectivity index (χ2v) is 13.1. The second kappa shape index (κ2) is 12.6. The van der Waals surface area contributed by atoms with Crippen LogP contribution in [-0.4, -0.2) is 43.3 Å². The van der Waals surface area contributed by atoms with Crippen molar-refractivity contribution in [3.63, 3.8) is 0 Å². The highest BCUT2D eigenvalue weighted by Crippen LogP contribution is 2.28. The number of nitrogens with one attached hydrogen (secondary N) is 1. The lowest BCUT2D eigenvalue weighted by molar-refractivity contribution is -0.140. The maximum Gasteiger partial charge on any atom is 0.264 e. The van der Waals surface area contributed by atoms with Gasteiger partial charge in [-0.05, 0) is 75.7 Å².